The molecule has 0 radical (unpaired) electrons. The van der Waals surface area contributed by atoms with Crippen molar-refractivity contribution in [1.82, 2.24) is 0 Å². The monoisotopic (exact) mass is 202 g/mol. The van der Waals surface area contributed by atoms with Gasteiger partial charge in [0.1, 0.15) is 0 Å². The zero-order chi connectivity index (χ0) is 11.5. The molecule has 0 bridgehead atoms. The van der Waals surface area contributed by atoms with Gasteiger partial charge in [0.25, 0.3) is 0 Å². The molecule has 0 aromatic rings. The minimum Gasteiger partial charge on any atom is -0.405 e. The van der Waals surface area contributed by atoms with Gasteiger partial charge in [-0.1, -0.05) is 30.9 Å². The number of hydrogen-bond donors (Lipinski definition) is 1. The lowest BCUT2D eigenvalue weighted by Crippen LogP contribution is -1.78. The van der Waals surface area contributed by atoms with Crippen molar-refractivity contribution in [2.45, 2.75) is 6.92 Å². The van der Waals surface area contributed by atoms with Crippen LogP contribution < -0.4 is 5.73 Å². The van der Waals surface area contributed by atoms with Gasteiger partial charge in [-0.3, -0.25) is 4.99 Å². The van der Waals surface area contributed by atoms with Crippen molar-refractivity contribution in [2.75, 3.05) is 7.05 Å². The molecule has 0 heterocycles. The second-order valence-electron chi connectivity index (χ2n) is 2.91. The first-order valence-electron chi connectivity index (χ1n) is 4.72. The summed E-state index contributed by atoms with van der Waals surface area (Å²) in [5.41, 5.74) is 7.28. The Labute approximate surface area is 91.9 Å². The second kappa shape index (κ2) is 8.75. The number of nitrogens with two attached hydrogens (primary N) is 1. The maximum Gasteiger partial charge on any atom is 0.0277 e. The van der Waals surface area contributed by atoms with Gasteiger partial charge >= 0.3 is 0 Å². The molecule has 0 saturated heterocycles. The molecular weight excluding hydrogens is 184 g/mol. The van der Waals surface area contributed by atoms with E-state index in [0.29, 0.717) is 0 Å². The van der Waals surface area contributed by atoms with Gasteiger partial charge in [-0.2, -0.15) is 0 Å². The first kappa shape index (κ1) is 13.2. The number of hydrogen-bond acceptors (Lipinski definition) is 2. The molecule has 15 heavy (non-hydrogen) atoms. The fourth-order valence-electron chi connectivity index (χ4n) is 0.810. The minimum atomic E-state index is 0.964. The Balaban J connectivity index is 4.31. The Bertz CT molecular complexity index is 328. The van der Waals surface area contributed by atoms with Crippen LogP contribution in [0, 0.1) is 0 Å². The van der Waals surface area contributed by atoms with E-state index >= 15 is 0 Å². The van der Waals surface area contributed by atoms with Gasteiger partial charge in [0.15, 0.2) is 0 Å². The lowest BCUT2D eigenvalue weighted by Gasteiger charge is -1.96. The van der Waals surface area contributed by atoms with Gasteiger partial charge in [0.05, 0.1) is 0 Å². The van der Waals surface area contributed by atoms with Crippen LogP contribution in [0.5, 0.6) is 0 Å². The van der Waals surface area contributed by atoms with Crippen LogP contribution in [0.2, 0.25) is 0 Å². The maximum atomic E-state index is 5.20. The van der Waals surface area contributed by atoms with Crippen LogP contribution in [0.3, 0.4) is 0 Å². The molecule has 0 fully saturated rings. The van der Waals surface area contributed by atoms with Gasteiger partial charge in [-0.15, -0.1) is 0 Å². The van der Waals surface area contributed by atoms with E-state index in [-0.39, 0.29) is 0 Å². The molecule has 0 aliphatic carbocycles. The fourth-order valence-corrected chi connectivity index (χ4v) is 0.810. The van der Waals surface area contributed by atoms with Crippen molar-refractivity contribution >= 4 is 6.21 Å². The molecule has 2 heteroatoms. The van der Waals surface area contributed by atoms with Crippen molar-refractivity contribution < 1.29 is 0 Å². The average molecular weight is 202 g/mol. The summed E-state index contributed by atoms with van der Waals surface area (Å²) in [6.45, 7) is 5.93. The van der Waals surface area contributed by atoms with E-state index in [4.69, 9.17) is 5.73 Å². The Morgan fingerprint density at radius 2 is 1.93 bits per heavy atom. The van der Waals surface area contributed by atoms with E-state index in [9.17, 15) is 0 Å². The summed E-state index contributed by atoms with van der Waals surface area (Å²) < 4.78 is 0. The van der Waals surface area contributed by atoms with Crippen molar-refractivity contribution in [3.8, 4) is 0 Å². The molecule has 0 atom stereocenters. The van der Waals surface area contributed by atoms with Crippen LogP contribution in [0.4, 0.5) is 0 Å². The van der Waals surface area contributed by atoms with Gasteiger partial charge in [0.2, 0.25) is 0 Å². The maximum absolute atomic E-state index is 5.20. The van der Waals surface area contributed by atoms with E-state index < -0.39 is 0 Å². The van der Waals surface area contributed by atoms with Crippen molar-refractivity contribution in [3.05, 3.63) is 60.4 Å². The molecule has 0 unspecified atom stereocenters. The normalized spacial score (nSPS) is 13.9. The average Bonchev–Trinajstić information content (AvgIpc) is 2.24. The topological polar surface area (TPSA) is 38.4 Å². The van der Waals surface area contributed by atoms with Gasteiger partial charge in [0, 0.05) is 13.3 Å². The Morgan fingerprint density at radius 1 is 1.20 bits per heavy atom. The zero-order valence-corrected chi connectivity index (χ0v) is 9.35. The summed E-state index contributed by atoms with van der Waals surface area (Å²) >= 11 is 0. The third-order valence-electron chi connectivity index (χ3n) is 1.72. The molecule has 0 saturated carbocycles. The van der Waals surface area contributed by atoms with Crippen molar-refractivity contribution in [1.29, 1.82) is 0 Å². The summed E-state index contributed by atoms with van der Waals surface area (Å²) in [5.74, 6) is 0. The zero-order valence-electron chi connectivity index (χ0n) is 9.35. The SMILES string of the molecule is C=C(/C=C\C=C/N)/C(C)=C/C=C\C=N\C. The number of aliphatic imine (C=N–C) groups is 1. The predicted octanol–water partition coefficient (Wildman–Crippen LogP) is 2.77. The van der Waals surface area contributed by atoms with Crippen LogP contribution in [0.1, 0.15) is 6.92 Å². The number of nitrogens with zero attached hydrogens (tertiary/aromatic N) is 1. The summed E-state index contributed by atoms with van der Waals surface area (Å²) in [4.78, 5) is 3.84. The van der Waals surface area contributed by atoms with Crippen molar-refractivity contribution in [2.24, 2.45) is 10.7 Å². The van der Waals surface area contributed by atoms with Crippen LogP contribution in [0.15, 0.2) is 65.4 Å². The van der Waals surface area contributed by atoms with Crippen LogP contribution in [-0.2, 0) is 0 Å². The smallest absolute Gasteiger partial charge is 0.0277 e. The first-order valence-corrected chi connectivity index (χ1v) is 4.72. The Hall–Kier alpha value is -1.83. The molecule has 0 aliphatic heterocycles. The fraction of sp³-hybridized carbons (Fsp3) is 0.154. The summed E-state index contributed by atoms with van der Waals surface area (Å²) in [6, 6.07) is 0. The van der Waals surface area contributed by atoms with Gasteiger partial charge in [-0.05, 0) is 36.4 Å². The molecular formula is C13H18N2. The molecule has 80 valence electrons. The lowest BCUT2D eigenvalue weighted by molar-refractivity contribution is 1.44. The highest BCUT2D eigenvalue weighted by Gasteiger charge is 1.88. The highest BCUT2D eigenvalue weighted by Crippen LogP contribution is 2.07. The highest BCUT2D eigenvalue weighted by molar-refractivity contribution is 5.71. The first-order chi connectivity index (χ1) is 7.22. The summed E-state index contributed by atoms with van der Waals surface area (Å²) in [6.07, 6.45) is 14.5. The summed E-state index contributed by atoms with van der Waals surface area (Å²) in [5, 5.41) is 0. The third-order valence-corrected chi connectivity index (χ3v) is 1.72. The highest BCUT2D eigenvalue weighted by atomic mass is 14.6. The third kappa shape index (κ3) is 7.26. The second-order valence-corrected chi connectivity index (χ2v) is 2.91. The number of allylic oxidation sites excluding steroid dienone is 8. The molecule has 0 amide bonds. The largest absolute Gasteiger partial charge is 0.405 e. The Kier molecular flexibility index (Phi) is 7.69. The molecule has 2 N–H and O–H groups in total. The molecule has 0 aromatic heterocycles. The quantitative estimate of drug-likeness (QED) is 0.540. The summed E-state index contributed by atoms with van der Waals surface area (Å²) in [7, 11) is 1.74. The van der Waals surface area contributed by atoms with Gasteiger partial charge in [-0.25, -0.2) is 0 Å². The van der Waals surface area contributed by atoms with Gasteiger partial charge < -0.3 is 5.73 Å². The standard InChI is InChI=1S/C13H18N2/c1-12(8-4-6-10-14)13(2)9-5-7-11-15-3/h4-11H,1,14H2,2-3H3/b7-5-,8-4-,10-6-,13-9+,15-11+. The van der Waals surface area contributed by atoms with Crippen LogP contribution >= 0.6 is 0 Å². The predicted molar refractivity (Wildman–Crippen MR) is 68.9 cm³/mol. The molecule has 0 spiro atoms. The van der Waals surface area contributed by atoms with Crippen LogP contribution in [0.25, 0.3) is 0 Å². The van der Waals surface area contributed by atoms with E-state index in [0.717, 1.165) is 11.1 Å². The minimum absolute atomic E-state index is 0.964. The molecule has 0 rings (SSSR count). The van der Waals surface area contributed by atoms with Crippen LogP contribution in [-0.4, -0.2) is 13.3 Å². The lowest BCUT2D eigenvalue weighted by atomic mass is 10.1. The molecule has 0 aliphatic rings. The van der Waals surface area contributed by atoms with E-state index in [1.807, 2.05) is 37.3 Å². The van der Waals surface area contributed by atoms with E-state index in [1.165, 1.54) is 6.20 Å². The Morgan fingerprint density at radius 3 is 2.53 bits per heavy atom. The molecule has 0 aromatic carbocycles. The molecule has 2 nitrogen and oxygen atoms in total. The van der Waals surface area contributed by atoms with E-state index in [2.05, 4.69) is 11.6 Å². The van der Waals surface area contributed by atoms with E-state index in [1.54, 1.807) is 19.3 Å². The number of rotatable bonds is 5. The van der Waals surface area contributed by atoms with Crippen molar-refractivity contribution in [3.63, 3.8) is 0 Å².